The molecule has 0 aliphatic carbocycles. The third kappa shape index (κ3) is 4.02. The molecule has 0 aromatic rings. The van der Waals surface area contributed by atoms with Crippen molar-refractivity contribution < 1.29 is 0 Å². The molecule has 13 heavy (non-hydrogen) atoms. The van der Waals surface area contributed by atoms with E-state index >= 15 is 0 Å². The minimum atomic E-state index is 1.04. The van der Waals surface area contributed by atoms with E-state index in [1.165, 1.54) is 11.3 Å². The van der Waals surface area contributed by atoms with Crippen LogP contribution in [-0.2, 0) is 0 Å². The molecule has 0 aromatic heterocycles. The molecule has 0 rings (SSSR count). The smallest absolute Gasteiger partial charge is 0.0415 e. The molecular weight excluding hydrogens is 160 g/mol. The van der Waals surface area contributed by atoms with Crippen molar-refractivity contribution in [3.05, 3.63) is 11.3 Å². The van der Waals surface area contributed by atoms with Crippen LogP contribution in [0.5, 0.6) is 0 Å². The first-order chi connectivity index (χ1) is 6.17. The molecule has 2 nitrogen and oxygen atoms in total. The molecule has 0 saturated heterocycles. The predicted molar refractivity (Wildman–Crippen MR) is 60.8 cm³/mol. The molecule has 0 radical (unpaired) electrons. The van der Waals surface area contributed by atoms with Gasteiger partial charge in [0, 0.05) is 24.7 Å². The molecule has 2 heteroatoms. The summed E-state index contributed by atoms with van der Waals surface area (Å²) in [7, 11) is 1.84. The number of allylic oxidation sites excluding steroid dienone is 2. The number of nitrogens with zero attached hydrogens (tertiary/aromatic N) is 2. The molecule has 0 saturated carbocycles. The quantitative estimate of drug-likeness (QED) is 0.593. The highest BCUT2D eigenvalue weighted by atomic mass is 14.7. The zero-order chi connectivity index (χ0) is 10.3. The fraction of sp³-hybridized carbons (Fsp3) is 0.636. The number of hydrogen-bond acceptors (Lipinski definition) is 2. The van der Waals surface area contributed by atoms with Crippen LogP contribution in [0.2, 0.25) is 0 Å². The molecule has 0 heterocycles. The van der Waals surface area contributed by atoms with Crippen LogP contribution < -0.4 is 0 Å². The molecule has 0 unspecified atom stereocenters. The Hall–Kier alpha value is -0.920. The highest BCUT2D eigenvalue weighted by Gasteiger charge is 2.02. The average molecular weight is 180 g/mol. The Morgan fingerprint density at radius 3 is 2.31 bits per heavy atom. The van der Waals surface area contributed by atoms with E-state index in [1.807, 2.05) is 27.1 Å². The first-order valence-corrected chi connectivity index (χ1v) is 4.79. The lowest BCUT2D eigenvalue weighted by Gasteiger charge is -2.06. The summed E-state index contributed by atoms with van der Waals surface area (Å²) in [6, 6.07) is 0. The molecule has 0 bridgehead atoms. The normalized spacial score (nSPS) is 15.0. The van der Waals surface area contributed by atoms with E-state index in [1.54, 1.807) is 0 Å². The van der Waals surface area contributed by atoms with Gasteiger partial charge in [0.15, 0.2) is 0 Å². The van der Waals surface area contributed by atoms with Gasteiger partial charge in [-0.1, -0.05) is 13.3 Å². The molecule has 0 aromatic carbocycles. The summed E-state index contributed by atoms with van der Waals surface area (Å²) in [5, 5.41) is 0. The van der Waals surface area contributed by atoms with Crippen molar-refractivity contribution in [2.24, 2.45) is 9.98 Å². The molecule has 0 atom stereocenters. The van der Waals surface area contributed by atoms with Crippen LogP contribution in [-0.4, -0.2) is 19.0 Å². The fourth-order valence-corrected chi connectivity index (χ4v) is 1.20. The summed E-state index contributed by atoms with van der Waals surface area (Å²) in [6.07, 6.45) is 3.99. The Bertz CT molecular complexity index is 234. The van der Waals surface area contributed by atoms with Crippen LogP contribution in [0.1, 0.15) is 40.5 Å². The van der Waals surface area contributed by atoms with E-state index in [0.29, 0.717) is 0 Å². The van der Waals surface area contributed by atoms with Gasteiger partial charge in [-0.2, -0.15) is 0 Å². The van der Waals surface area contributed by atoms with Crippen molar-refractivity contribution in [2.45, 2.75) is 40.5 Å². The van der Waals surface area contributed by atoms with E-state index in [-0.39, 0.29) is 0 Å². The van der Waals surface area contributed by atoms with Gasteiger partial charge in [0.05, 0.1) is 0 Å². The minimum absolute atomic E-state index is 1.04. The van der Waals surface area contributed by atoms with Gasteiger partial charge in [-0.25, -0.2) is 0 Å². The van der Waals surface area contributed by atoms with Crippen molar-refractivity contribution in [1.29, 1.82) is 0 Å². The largest absolute Gasteiger partial charge is 0.293 e. The monoisotopic (exact) mass is 180 g/mol. The van der Waals surface area contributed by atoms with Crippen LogP contribution in [0, 0.1) is 0 Å². The molecule has 0 amide bonds. The lowest BCUT2D eigenvalue weighted by molar-refractivity contribution is 0.983. The molecule has 0 fully saturated rings. The van der Waals surface area contributed by atoms with Crippen LogP contribution >= 0.6 is 0 Å². The van der Waals surface area contributed by atoms with Crippen LogP contribution in [0.25, 0.3) is 0 Å². The van der Waals surface area contributed by atoms with Crippen molar-refractivity contribution in [3.8, 4) is 0 Å². The maximum absolute atomic E-state index is 4.27. The van der Waals surface area contributed by atoms with E-state index in [9.17, 15) is 0 Å². The molecule has 0 aliphatic heterocycles. The molecule has 0 N–H and O–H groups in total. The van der Waals surface area contributed by atoms with Crippen molar-refractivity contribution >= 4 is 11.9 Å². The second-order valence-electron chi connectivity index (χ2n) is 3.02. The standard InChI is InChI=1S/C11H20N2/c1-6-8-11(12-5)9(3)10(4)13-7-2/h7H,6,8H2,1-5H3/b10-9-,12-11?,13-7?. The summed E-state index contributed by atoms with van der Waals surface area (Å²) in [5.74, 6) is 0. The summed E-state index contributed by atoms with van der Waals surface area (Å²) >= 11 is 0. The SMILES string of the molecule is CC=N/C(C)=C(/C)C(CCC)=NC. The second kappa shape index (κ2) is 6.58. The minimum Gasteiger partial charge on any atom is -0.293 e. The van der Waals surface area contributed by atoms with E-state index in [4.69, 9.17) is 0 Å². The number of hydrogen-bond donors (Lipinski definition) is 0. The lowest BCUT2D eigenvalue weighted by atomic mass is 10.1. The third-order valence-electron chi connectivity index (χ3n) is 2.06. The van der Waals surface area contributed by atoms with Gasteiger partial charge in [0.1, 0.15) is 0 Å². The first kappa shape index (κ1) is 12.1. The second-order valence-corrected chi connectivity index (χ2v) is 3.02. The van der Waals surface area contributed by atoms with Crippen LogP contribution in [0.15, 0.2) is 21.3 Å². The Morgan fingerprint density at radius 1 is 1.31 bits per heavy atom. The van der Waals surface area contributed by atoms with Gasteiger partial charge in [-0.05, 0) is 32.8 Å². The van der Waals surface area contributed by atoms with Gasteiger partial charge in [0.2, 0.25) is 0 Å². The summed E-state index contributed by atoms with van der Waals surface area (Å²) in [4.78, 5) is 8.52. The van der Waals surface area contributed by atoms with Crippen molar-refractivity contribution in [2.75, 3.05) is 7.05 Å². The zero-order valence-corrected chi connectivity index (χ0v) is 9.39. The van der Waals surface area contributed by atoms with E-state index in [2.05, 4.69) is 23.8 Å². The Balaban J connectivity index is 4.71. The number of aliphatic imine (C=N–C) groups is 2. The Labute approximate surface area is 81.5 Å². The van der Waals surface area contributed by atoms with Gasteiger partial charge in [-0.15, -0.1) is 0 Å². The summed E-state index contributed by atoms with van der Waals surface area (Å²) < 4.78 is 0. The van der Waals surface area contributed by atoms with Crippen molar-refractivity contribution in [3.63, 3.8) is 0 Å². The van der Waals surface area contributed by atoms with Crippen LogP contribution in [0.4, 0.5) is 0 Å². The average Bonchev–Trinajstić information content (AvgIpc) is 2.13. The zero-order valence-electron chi connectivity index (χ0n) is 9.39. The van der Waals surface area contributed by atoms with E-state index < -0.39 is 0 Å². The molecular formula is C11H20N2. The van der Waals surface area contributed by atoms with Crippen molar-refractivity contribution in [1.82, 2.24) is 0 Å². The lowest BCUT2D eigenvalue weighted by Crippen LogP contribution is -2.01. The Kier molecular flexibility index (Phi) is 6.11. The molecule has 0 aliphatic rings. The van der Waals surface area contributed by atoms with Gasteiger partial charge >= 0.3 is 0 Å². The molecule has 74 valence electrons. The first-order valence-electron chi connectivity index (χ1n) is 4.79. The maximum Gasteiger partial charge on any atom is 0.0415 e. The fourth-order valence-electron chi connectivity index (χ4n) is 1.20. The highest BCUT2D eigenvalue weighted by molar-refractivity contribution is 6.00. The van der Waals surface area contributed by atoms with Gasteiger partial charge < -0.3 is 0 Å². The maximum atomic E-state index is 4.27. The van der Waals surface area contributed by atoms with Crippen LogP contribution in [0.3, 0.4) is 0 Å². The number of rotatable bonds is 4. The third-order valence-corrected chi connectivity index (χ3v) is 2.06. The summed E-state index contributed by atoms with van der Waals surface area (Å²) in [5.41, 5.74) is 3.45. The topological polar surface area (TPSA) is 24.7 Å². The van der Waals surface area contributed by atoms with Gasteiger partial charge in [-0.3, -0.25) is 9.98 Å². The summed E-state index contributed by atoms with van der Waals surface area (Å²) in [6.45, 7) is 8.20. The van der Waals surface area contributed by atoms with E-state index in [0.717, 1.165) is 18.5 Å². The molecule has 0 spiro atoms. The van der Waals surface area contributed by atoms with Gasteiger partial charge in [0.25, 0.3) is 0 Å². The predicted octanol–water partition coefficient (Wildman–Crippen LogP) is 3.24. The Morgan fingerprint density at radius 2 is 1.92 bits per heavy atom. The highest BCUT2D eigenvalue weighted by Crippen LogP contribution is 2.10.